The molecule has 1 aromatic rings. The van der Waals surface area contributed by atoms with Crippen molar-refractivity contribution in [2.45, 2.75) is 25.7 Å². The van der Waals surface area contributed by atoms with Gasteiger partial charge in [0.1, 0.15) is 5.75 Å². The maximum absolute atomic E-state index is 12.2. The number of carbonyl (C=O) groups is 1. The summed E-state index contributed by atoms with van der Waals surface area (Å²) in [7, 11) is 0. The van der Waals surface area contributed by atoms with E-state index >= 15 is 0 Å². The summed E-state index contributed by atoms with van der Waals surface area (Å²) in [5.74, 6) is 1.59. The fourth-order valence-electron chi connectivity index (χ4n) is 2.69. The molecule has 0 bridgehead atoms. The number of hydrogen-bond acceptors (Lipinski definition) is 3. The molecule has 1 aliphatic rings. The SMILES string of the molecule is Cl.NCCC1CCCN(C(=O)CCOc2ccccc2)C1. The van der Waals surface area contributed by atoms with Crippen LogP contribution in [0, 0.1) is 5.92 Å². The molecule has 0 spiro atoms. The van der Waals surface area contributed by atoms with Gasteiger partial charge in [-0.3, -0.25) is 4.79 Å². The lowest BCUT2D eigenvalue weighted by atomic mass is 9.95. The third-order valence-electron chi connectivity index (χ3n) is 3.77. The number of carbonyl (C=O) groups excluding carboxylic acids is 1. The van der Waals surface area contributed by atoms with Crippen molar-refractivity contribution in [2.75, 3.05) is 26.2 Å². The number of halogens is 1. The van der Waals surface area contributed by atoms with Crippen LogP contribution in [0.1, 0.15) is 25.7 Å². The van der Waals surface area contributed by atoms with E-state index in [4.69, 9.17) is 10.5 Å². The van der Waals surface area contributed by atoms with Gasteiger partial charge in [0.05, 0.1) is 13.0 Å². The third kappa shape index (κ3) is 5.94. The van der Waals surface area contributed by atoms with Crippen molar-refractivity contribution in [3.8, 4) is 5.75 Å². The minimum atomic E-state index is 0. The zero-order chi connectivity index (χ0) is 14.2. The average Bonchev–Trinajstić information content (AvgIpc) is 2.49. The van der Waals surface area contributed by atoms with Crippen molar-refractivity contribution in [2.24, 2.45) is 11.7 Å². The number of nitrogens with two attached hydrogens (primary N) is 1. The number of ether oxygens (including phenoxy) is 1. The van der Waals surface area contributed by atoms with Crippen LogP contribution in [0.3, 0.4) is 0 Å². The molecule has 1 heterocycles. The van der Waals surface area contributed by atoms with Gasteiger partial charge in [0, 0.05) is 13.1 Å². The average molecular weight is 313 g/mol. The van der Waals surface area contributed by atoms with Gasteiger partial charge in [0.15, 0.2) is 0 Å². The van der Waals surface area contributed by atoms with E-state index in [0.29, 0.717) is 25.5 Å². The molecule has 1 fully saturated rings. The first kappa shape index (κ1) is 17.8. The van der Waals surface area contributed by atoms with E-state index in [0.717, 1.165) is 31.7 Å². The van der Waals surface area contributed by atoms with Crippen LogP contribution in [0.15, 0.2) is 30.3 Å². The van der Waals surface area contributed by atoms with Gasteiger partial charge in [0.2, 0.25) is 5.91 Å². The van der Waals surface area contributed by atoms with E-state index in [1.165, 1.54) is 6.42 Å². The highest BCUT2D eigenvalue weighted by atomic mass is 35.5. The number of amides is 1. The van der Waals surface area contributed by atoms with E-state index < -0.39 is 0 Å². The zero-order valence-electron chi connectivity index (χ0n) is 12.4. The summed E-state index contributed by atoms with van der Waals surface area (Å²) in [6, 6.07) is 9.62. The van der Waals surface area contributed by atoms with Gasteiger partial charge in [-0.1, -0.05) is 18.2 Å². The maximum Gasteiger partial charge on any atom is 0.226 e. The Morgan fingerprint density at radius 3 is 2.81 bits per heavy atom. The van der Waals surface area contributed by atoms with Crippen LogP contribution in [0.5, 0.6) is 5.75 Å². The summed E-state index contributed by atoms with van der Waals surface area (Å²) in [5, 5.41) is 0. The third-order valence-corrected chi connectivity index (χ3v) is 3.77. The zero-order valence-corrected chi connectivity index (χ0v) is 13.2. The van der Waals surface area contributed by atoms with Gasteiger partial charge in [-0.15, -0.1) is 12.4 Å². The minimum absolute atomic E-state index is 0. The van der Waals surface area contributed by atoms with Gasteiger partial charge < -0.3 is 15.4 Å². The molecular weight excluding hydrogens is 288 g/mol. The molecule has 1 amide bonds. The molecule has 1 aromatic carbocycles. The van der Waals surface area contributed by atoms with E-state index in [9.17, 15) is 4.79 Å². The van der Waals surface area contributed by atoms with Gasteiger partial charge in [-0.2, -0.15) is 0 Å². The number of benzene rings is 1. The Bertz CT molecular complexity index is 412. The first-order valence-electron chi connectivity index (χ1n) is 7.45. The first-order chi connectivity index (χ1) is 9.79. The van der Waals surface area contributed by atoms with Gasteiger partial charge in [-0.25, -0.2) is 0 Å². The highest BCUT2D eigenvalue weighted by molar-refractivity contribution is 5.85. The number of para-hydroxylation sites is 1. The molecule has 1 atom stereocenters. The summed E-state index contributed by atoms with van der Waals surface area (Å²) in [6.45, 7) is 2.90. The van der Waals surface area contributed by atoms with E-state index in [2.05, 4.69) is 0 Å². The van der Waals surface area contributed by atoms with Crippen LogP contribution in [0.2, 0.25) is 0 Å². The summed E-state index contributed by atoms with van der Waals surface area (Å²) in [6.07, 6.45) is 3.76. The van der Waals surface area contributed by atoms with Crippen molar-refractivity contribution < 1.29 is 9.53 Å². The summed E-state index contributed by atoms with van der Waals surface area (Å²) in [5.41, 5.74) is 5.60. The minimum Gasteiger partial charge on any atom is -0.493 e. The van der Waals surface area contributed by atoms with Crippen molar-refractivity contribution in [3.63, 3.8) is 0 Å². The second kappa shape index (κ2) is 9.64. The molecule has 5 heteroatoms. The number of rotatable bonds is 6. The van der Waals surface area contributed by atoms with Crippen LogP contribution in [0.25, 0.3) is 0 Å². The largest absolute Gasteiger partial charge is 0.493 e. The standard InChI is InChI=1S/C16H24N2O2.ClH/c17-10-8-14-5-4-11-18(13-14)16(19)9-12-20-15-6-2-1-3-7-15;/h1-3,6-7,14H,4-5,8-13,17H2;1H. The van der Waals surface area contributed by atoms with E-state index in [1.54, 1.807) is 0 Å². The van der Waals surface area contributed by atoms with Crippen molar-refractivity contribution in [3.05, 3.63) is 30.3 Å². The Hall–Kier alpha value is -1.26. The molecule has 1 unspecified atom stereocenters. The highest BCUT2D eigenvalue weighted by Gasteiger charge is 2.22. The number of nitrogens with zero attached hydrogens (tertiary/aromatic N) is 1. The fourth-order valence-corrected chi connectivity index (χ4v) is 2.69. The lowest BCUT2D eigenvalue weighted by molar-refractivity contribution is -0.133. The van der Waals surface area contributed by atoms with Crippen LogP contribution < -0.4 is 10.5 Å². The van der Waals surface area contributed by atoms with Gasteiger partial charge in [0.25, 0.3) is 0 Å². The Morgan fingerprint density at radius 1 is 1.33 bits per heavy atom. The molecular formula is C16H25ClN2O2. The molecule has 21 heavy (non-hydrogen) atoms. The topological polar surface area (TPSA) is 55.6 Å². The Balaban J connectivity index is 0.00000220. The highest BCUT2D eigenvalue weighted by Crippen LogP contribution is 2.19. The second-order valence-corrected chi connectivity index (χ2v) is 5.34. The molecule has 0 radical (unpaired) electrons. The molecule has 0 saturated carbocycles. The van der Waals surface area contributed by atoms with Crippen LogP contribution in [0.4, 0.5) is 0 Å². The monoisotopic (exact) mass is 312 g/mol. The summed E-state index contributed by atoms with van der Waals surface area (Å²) in [4.78, 5) is 14.1. The van der Waals surface area contributed by atoms with Gasteiger partial charge >= 0.3 is 0 Å². The fraction of sp³-hybridized carbons (Fsp3) is 0.562. The normalized spacial score (nSPS) is 18.0. The number of hydrogen-bond donors (Lipinski definition) is 1. The van der Waals surface area contributed by atoms with Crippen LogP contribution in [-0.4, -0.2) is 37.0 Å². The van der Waals surface area contributed by atoms with Crippen molar-refractivity contribution in [1.82, 2.24) is 4.90 Å². The number of piperidine rings is 1. The molecule has 1 saturated heterocycles. The number of likely N-dealkylation sites (tertiary alicyclic amines) is 1. The predicted octanol–water partition coefficient (Wildman–Crippen LogP) is 2.46. The predicted molar refractivity (Wildman–Crippen MR) is 86.8 cm³/mol. The Labute approximate surface area is 133 Å². The molecule has 118 valence electrons. The van der Waals surface area contributed by atoms with Gasteiger partial charge in [-0.05, 0) is 43.9 Å². The summed E-state index contributed by atoms with van der Waals surface area (Å²) < 4.78 is 5.57. The molecule has 2 rings (SSSR count). The van der Waals surface area contributed by atoms with Crippen molar-refractivity contribution in [1.29, 1.82) is 0 Å². The second-order valence-electron chi connectivity index (χ2n) is 5.34. The van der Waals surface area contributed by atoms with E-state index in [-0.39, 0.29) is 18.3 Å². The Morgan fingerprint density at radius 2 is 2.10 bits per heavy atom. The molecule has 4 nitrogen and oxygen atoms in total. The van der Waals surface area contributed by atoms with Crippen molar-refractivity contribution >= 4 is 18.3 Å². The summed E-state index contributed by atoms with van der Waals surface area (Å²) >= 11 is 0. The molecule has 2 N–H and O–H groups in total. The molecule has 0 aromatic heterocycles. The lowest BCUT2D eigenvalue weighted by Gasteiger charge is -2.32. The first-order valence-corrected chi connectivity index (χ1v) is 7.45. The smallest absolute Gasteiger partial charge is 0.226 e. The van der Waals surface area contributed by atoms with Crippen LogP contribution in [-0.2, 0) is 4.79 Å². The Kier molecular flexibility index (Phi) is 8.16. The maximum atomic E-state index is 12.2. The van der Waals surface area contributed by atoms with E-state index in [1.807, 2.05) is 35.2 Å². The van der Waals surface area contributed by atoms with Crippen LogP contribution >= 0.6 is 12.4 Å². The molecule has 1 aliphatic heterocycles. The molecule has 0 aliphatic carbocycles. The lowest BCUT2D eigenvalue weighted by Crippen LogP contribution is -2.40. The quantitative estimate of drug-likeness (QED) is 0.878.